The Balaban J connectivity index is 2.56. The van der Waals surface area contributed by atoms with Gasteiger partial charge < -0.3 is 10.7 Å². The molecule has 2 aromatic rings. The molecular weight excluding hydrogens is 280 g/mol. The first-order valence-electron chi connectivity index (χ1n) is 6.04. The first kappa shape index (κ1) is 14.9. The minimum Gasteiger partial charge on any atom is -0.761 e. The number of anilines is 3. The van der Waals surface area contributed by atoms with E-state index in [9.17, 15) is 18.8 Å². The van der Waals surface area contributed by atoms with Crippen molar-refractivity contribution in [2.45, 2.75) is 13.8 Å². The topological polar surface area (TPSA) is 68.3 Å². The van der Waals surface area contributed by atoms with Gasteiger partial charge in [0.1, 0.15) is 17.5 Å². The summed E-state index contributed by atoms with van der Waals surface area (Å²) >= 11 is 0. The zero-order valence-electron chi connectivity index (χ0n) is 11.4. The summed E-state index contributed by atoms with van der Waals surface area (Å²) < 4.78 is 27.3. The maximum absolute atomic E-state index is 13.7. The summed E-state index contributed by atoms with van der Waals surface area (Å²) in [6.45, 7) is 2.53. The Bertz CT molecular complexity index is 669. The Morgan fingerprint density at radius 1 is 1.29 bits per heavy atom. The van der Waals surface area contributed by atoms with E-state index in [1.807, 2.05) is 0 Å². The quantitative estimate of drug-likeness (QED) is 0.882. The highest BCUT2D eigenvalue weighted by molar-refractivity contribution is 5.98. The third kappa shape index (κ3) is 2.97. The predicted octanol–water partition coefficient (Wildman–Crippen LogP) is 3.26. The van der Waals surface area contributed by atoms with Crippen LogP contribution in [0.15, 0.2) is 30.5 Å². The van der Waals surface area contributed by atoms with Crippen LogP contribution in [0.25, 0.3) is 0 Å². The van der Waals surface area contributed by atoms with E-state index < -0.39 is 17.5 Å². The second-order valence-corrected chi connectivity index (χ2v) is 4.39. The molecule has 0 fully saturated rings. The zero-order valence-corrected chi connectivity index (χ0v) is 11.4. The lowest BCUT2D eigenvalue weighted by molar-refractivity contribution is -0.115. The number of rotatable bonds is 3. The average molecular weight is 292 g/mol. The molecule has 5 nitrogen and oxygen atoms in total. The van der Waals surface area contributed by atoms with Gasteiger partial charge in [0.2, 0.25) is 5.91 Å². The number of pyridine rings is 1. The molecule has 0 atom stereocenters. The Morgan fingerprint density at radius 2 is 1.90 bits per heavy atom. The fourth-order valence-electron chi connectivity index (χ4n) is 1.84. The minimum atomic E-state index is -0.769. The van der Waals surface area contributed by atoms with E-state index in [-0.39, 0.29) is 22.8 Å². The molecule has 0 unspecified atom stereocenters. The molecule has 21 heavy (non-hydrogen) atoms. The van der Waals surface area contributed by atoms with Crippen molar-refractivity contribution in [3.05, 3.63) is 52.9 Å². The molecule has 0 radical (unpaired) electrons. The molecule has 0 aliphatic carbocycles. The van der Waals surface area contributed by atoms with Gasteiger partial charge in [-0.15, -0.1) is 0 Å². The molecule has 2 rings (SSSR count). The van der Waals surface area contributed by atoms with Crippen molar-refractivity contribution in [1.82, 2.24) is 4.98 Å². The normalized spacial score (nSPS) is 10.3. The molecule has 110 valence electrons. The molecule has 1 heterocycles. The van der Waals surface area contributed by atoms with Crippen molar-refractivity contribution >= 4 is 23.1 Å². The number of carbonyl (C=O) groups excluding carboxylic acids is 1. The molecule has 7 heteroatoms. The molecule has 0 saturated heterocycles. The second-order valence-electron chi connectivity index (χ2n) is 4.39. The van der Waals surface area contributed by atoms with Crippen molar-refractivity contribution in [2.75, 3.05) is 10.4 Å². The third-order valence-corrected chi connectivity index (χ3v) is 2.93. The number of nitrogens with one attached hydrogen (secondary N) is 1. The van der Waals surface area contributed by atoms with Gasteiger partial charge in [-0.3, -0.25) is 9.69 Å². The van der Waals surface area contributed by atoms with E-state index in [0.29, 0.717) is 0 Å². The van der Waals surface area contributed by atoms with Crippen LogP contribution in [0, 0.1) is 23.8 Å². The second kappa shape index (κ2) is 5.84. The van der Waals surface area contributed by atoms with Crippen LogP contribution in [-0.4, -0.2) is 10.9 Å². The molecule has 1 aromatic carbocycles. The predicted molar refractivity (Wildman–Crippen MR) is 75.1 cm³/mol. The van der Waals surface area contributed by atoms with Crippen molar-refractivity contribution in [2.24, 2.45) is 0 Å². The highest BCUT2D eigenvalue weighted by atomic mass is 19.1. The number of benzene rings is 1. The van der Waals surface area contributed by atoms with Crippen LogP contribution in [0.1, 0.15) is 12.5 Å². The standard InChI is InChI=1S/C14H12F2N3O2/c1-8-12(15)6-11(7-13(8)16)19(9(2)20)14-5-10(18-21)3-4-17-14/h3-7H,1-2H3,(H-,17,18,21)/q-1. The first-order valence-corrected chi connectivity index (χ1v) is 6.04. The summed E-state index contributed by atoms with van der Waals surface area (Å²) in [6.07, 6.45) is 1.31. The molecule has 0 spiro atoms. The van der Waals surface area contributed by atoms with E-state index in [1.54, 1.807) is 5.48 Å². The van der Waals surface area contributed by atoms with E-state index in [2.05, 4.69) is 4.98 Å². The SMILES string of the molecule is CC(=O)N(c1cc(F)c(C)c(F)c1)c1cc(N[O-])ccn1. The molecule has 0 aliphatic heterocycles. The van der Waals surface area contributed by atoms with Crippen LogP contribution >= 0.6 is 0 Å². The molecule has 1 N–H and O–H groups in total. The van der Waals surface area contributed by atoms with Crippen molar-refractivity contribution in [3.8, 4) is 0 Å². The number of amides is 1. The molecule has 0 saturated carbocycles. The van der Waals surface area contributed by atoms with Gasteiger partial charge in [0.05, 0.1) is 5.69 Å². The Kier molecular flexibility index (Phi) is 4.13. The summed E-state index contributed by atoms with van der Waals surface area (Å²) in [4.78, 5) is 16.8. The van der Waals surface area contributed by atoms with Crippen molar-refractivity contribution in [3.63, 3.8) is 0 Å². The van der Waals surface area contributed by atoms with Gasteiger partial charge in [-0.2, -0.15) is 0 Å². The van der Waals surface area contributed by atoms with E-state index in [1.165, 1.54) is 32.2 Å². The first-order chi connectivity index (χ1) is 9.93. The van der Waals surface area contributed by atoms with Gasteiger partial charge >= 0.3 is 0 Å². The van der Waals surface area contributed by atoms with Gasteiger partial charge in [-0.25, -0.2) is 13.8 Å². The monoisotopic (exact) mass is 292 g/mol. The summed E-state index contributed by atoms with van der Waals surface area (Å²) in [5.41, 5.74) is 1.71. The van der Waals surface area contributed by atoms with Crippen molar-refractivity contribution in [1.29, 1.82) is 0 Å². The Morgan fingerprint density at radius 3 is 2.43 bits per heavy atom. The van der Waals surface area contributed by atoms with Crippen LogP contribution in [0.3, 0.4) is 0 Å². The van der Waals surface area contributed by atoms with Crippen LogP contribution in [-0.2, 0) is 4.79 Å². The zero-order chi connectivity index (χ0) is 15.6. The van der Waals surface area contributed by atoms with Gasteiger partial charge in [-0.1, -0.05) is 0 Å². The molecule has 0 bridgehead atoms. The Hall–Kier alpha value is -2.54. The van der Waals surface area contributed by atoms with E-state index >= 15 is 0 Å². The van der Waals surface area contributed by atoms with Gasteiger partial charge in [-0.05, 0) is 25.1 Å². The lowest BCUT2D eigenvalue weighted by Gasteiger charge is -2.22. The van der Waals surface area contributed by atoms with Crippen molar-refractivity contribution < 1.29 is 13.6 Å². The molecule has 0 aliphatic rings. The number of aromatic nitrogens is 1. The molecule has 1 aromatic heterocycles. The maximum atomic E-state index is 13.7. The van der Waals surface area contributed by atoms with E-state index in [0.717, 1.165) is 17.0 Å². The van der Waals surface area contributed by atoms with Gasteiger partial charge in [0.15, 0.2) is 0 Å². The fraction of sp³-hybridized carbons (Fsp3) is 0.143. The number of hydrogen-bond donors (Lipinski definition) is 1. The number of halogens is 2. The summed E-state index contributed by atoms with van der Waals surface area (Å²) in [5.74, 6) is -1.94. The molecular formula is C14H12F2N3O2-. The van der Waals surface area contributed by atoms with Crippen LogP contribution < -0.4 is 10.4 Å². The van der Waals surface area contributed by atoms with E-state index in [4.69, 9.17) is 0 Å². The largest absolute Gasteiger partial charge is 0.761 e. The third-order valence-electron chi connectivity index (χ3n) is 2.93. The number of hydrogen-bond acceptors (Lipinski definition) is 4. The highest BCUT2D eigenvalue weighted by Gasteiger charge is 2.19. The average Bonchev–Trinajstić information content (AvgIpc) is 2.44. The smallest absolute Gasteiger partial charge is 0.229 e. The van der Waals surface area contributed by atoms with Crippen LogP contribution in [0.4, 0.5) is 26.0 Å². The lowest BCUT2D eigenvalue weighted by Crippen LogP contribution is -2.24. The number of nitrogens with zero attached hydrogens (tertiary/aromatic N) is 2. The lowest BCUT2D eigenvalue weighted by atomic mass is 10.2. The number of carbonyl (C=O) groups is 1. The Labute approximate surface area is 119 Å². The highest BCUT2D eigenvalue weighted by Crippen LogP contribution is 2.28. The summed E-state index contributed by atoms with van der Waals surface area (Å²) in [5, 5.41) is 10.7. The fourth-order valence-corrected chi connectivity index (χ4v) is 1.84. The minimum absolute atomic E-state index is 0.00125. The molecule has 1 amide bonds. The maximum Gasteiger partial charge on any atom is 0.229 e. The summed E-state index contributed by atoms with van der Waals surface area (Å²) in [6, 6.07) is 4.80. The van der Waals surface area contributed by atoms with Crippen LogP contribution in [0.2, 0.25) is 0 Å². The van der Waals surface area contributed by atoms with Crippen LogP contribution in [0.5, 0.6) is 0 Å². The van der Waals surface area contributed by atoms with Gasteiger partial charge in [0.25, 0.3) is 0 Å². The summed E-state index contributed by atoms with van der Waals surface area (Å²) in [7, 11) is 0. The van der Waals surface area contributed by atoms with Gasteiger partial charge in [0, 0.05) is 30.4 Å².